The first-order valence-corrected chi connectivity index (χ1v) is 7.60. The highest BCUT2D eigenvalue weighted by molar-refractivity contribution is 7.13. The third-order valence-corrected chi connectivity index (χ3v) is 5.08. The zero-order chi connectivity index (χ0) is 15.2. The van der Waals surface area contributed by atoms with E-state index in [0.29, 0.717) is 30.8 Å². The molecule has 2 aliphatic rings. The zero-order valence-electron chi connectivity index (χ0n) is 11.9. The number of piperidine rings is 1. The lowest BCUT2D eigenvalue weighted by molar-refractivity contribution is -0.125. The van der Waals surface area contributed by atoms with Crippen molar-refractivity contribution >= 4 is 29.2 Å². The number of nitrogens with zero attached hydrogens (tertiary/aromatic N) is 2. The van der Waals surface area contributed by atoms with Crippen molar-refractivity contribution in [3.63, 3.8) is 0 Å². The number of hydrogen-bond acceptors (Lipinski definition) is 5. The molecular weight excluding hydrogens is 292 g/mol. The average Bonchev–Trinajstić information content (AvgIpc) is 2.90. The molecule has 112 valence electrons. The van der Waals surface area contributed by atoms with E-state index in [4.69, 9.17) is 0 Å². The Balaban J connectivity index is 1.71. The van der Waals surface area contributed by atoms with Gasteiger partial charge in [0.15, 0.2) is 0 Å². The number of aryl methyl sites for hydroxylation is 2. The van der Waals surface area contributed by atoms with Crippen molar-refractivity contribution in [2.45, 2.75) is 32.2 Å². The van der Waals surface area contributed by atoms with Crippen LogP contribution >= 0.6 is 11.3 Å². The molecule has 1 spiro atoms. The third kappa shape index (κ3) is 2.29. The molecule has 21 heavy (non-hydrogen) atoms. The number of thiazole rings is 1. The predicted octanol–water partition coefficient (Wildman–Crippen LogP) is 0.574. The molecular formula is C13H16N4O3S. The smallest absolute Gasteiger partial charge is 0.322 e. The lowest BCUT2D eigenvalue weighted by Gasteiger charge is -2.36. The molecule has 4 amide bonds. The molecule has 0 unspecified atom stereocenters. The fourth-order valence-electron chi connectivity index (χ4n) is 2.85. The molecule has 2 saturated heterocycles. The van der Waals surface area contributed by atoms with Crippen LogP contribution in [0, 0.1) is 13.8 Å². The summed E-state index contributed by atoms with van der Waals surface area (Å²) in [7, 11) is 0. The summed E-state index contributed by atoms with van der Waals surface area (Å²) in [5, 5.41) is 5.82. The molecule has 7 nitrogen and oxygen atoms in total. The number of urea groups is 1. The van der Waals surface area contributed by atoms with Crippen LogP contribution in [0.3, 0.4) is 0 Å². The summed E-state index contributed by atoms with van der Waals surface area (Å²) in [6, 6.07) is -0.450. The molecule has 3 heterocycles. The van der Waals surface area contributed by atoms with Gasteiger partial charge in [-0.15, -0.1) is 11.3 Å². The van der Waals surface area contributed by atoms with Crippen LogP contribution < -0.4 is 10.6 Å². The van der Waals surface area contributed by atoms with Crippen molar-refractivity contribution in [3.05, 3.63) is 15.6 Å². The molecule has 2 N–H and O–H groups in total. The van der Waals surface area contributed by atoms with Crippen molar-refractivity contribution in [2.24, 2.45) is 0 Å². The Bertz CT molecular complexity index is 631. The van der Waals surface area contributed by atoms with Crippen LogP contribution in [-0.4, -0.2) is 46.4 Å². The Morgan fingerprint density at radius 1 is 1.29 bits per heavy atom. The van der Waals surface area contributed by atoms with Crippen LogP contribution in [0.2, 0.25) is 0 Å². The SMILES string of the molecule is Cc1nc(C)c(C(=O)N2CCC3(CC2)NC(=O)NC3=O)s1. The Labute approximate surface area is 125 Å². The van der Waals surface area contributed by atoms with E-state index in [1.807, 2.05) is 13.8 Å². The van der Waals surface area contributed by atoms with Crippen LogP contribution in [0.25, 0.3) is 0 Å². The largest absolute Gasteiger partial charge is 0.338 e. The van der Waals surface area contributed by atoms with E-state index in [1.165, 1.54) is 11.3 Å². The van der Waals surface area contributed by atoms with Crippen LogP contribution in [0.15, 0.2) is 0 Å². The Morgan fingerprint density at radius 2 is 1.95 bits per heavy atom. The van der Waals surface area contributed by atoms with E-state index in [1.54, 1.807) is 4.90 Å². The topological polar surface area (TPSA) is 91.4 Å². The van der Waals surface area contributed by atoms with E-state index in [-0.39, 0.29) is 11.8 Å². The van der Waals surface area contributed by atoms with Gasteiger partial charge in [-0.2, -0.15) is 0 Å². The van der Waals surface area contributed by atoms with Crippen molar-refractivity contribution in [3.8, 4) is 0 Å². The monoisotopic (exact) mass is 308 g/mol. The summed E-state index contributed by atoms with van der Waals surface area (Å²) in [5.74, 6) is -0.331. The number of carbonyl (C=O) groups is 3. The second-order valence-electron chi connectivity index (χ2n) is 5.43. The van der Waals surface area contributed by atoms with Gasteiger partial charge in [0.05, 0.1) is 10.7 Å². The Morgan fingerprint density at radius 3 is 2.43 bits per heavy atom. The molecule has 0 aromatic carbocycles. The lowest BCUT2D eigenvalue weighted by Crippen LogP contribution is -2.55. The van der Waals surface area contributed by atoms with Crippen molar-refractivity contribution in [1.82, 2.24) is 20.5 Å². The molecule has 8 heteroatoms. The first kappa shape index (κ1) is 14.0. The summed E-state index contributed by atoms with van der Waals surface area (Å²) in [6.07, 6.45) is 0.875. The van der Waals surface area contributed by atoms with Gasteiger partial charge in [0.1, 0.15) is 10.4 Å². The maximum atomic E-state index is 12.5. The molecule has 0 radical (unpaired) electrons. The minimum atomic E-state index is -0.841. The standard InChI is InChI=1S/C13H16N4O3S/c1-7-9(21-8(2)14-7)10(18)17-5-3-13(4-6-17)11(19)15-12(20)16-13/h3-6H2,1-2H3,(H2,15,16,19,20). The van der Waals surface area contributed by atoms with E-state index in [9.17, 15) is 14.4 Å². The number of imide groups is 1. The quantitative estimate of drug-likeness (QED) is 0.742. The van der Waals surface area contributed by atoms with Crippen LogP contribution in [-0.2, 0) is 4.79 Å². The fourth-order valence-corrected chi connectivity index (χ4v) is 3.73. The molecule has 0 saturated carbocycles. The number of aromatic nitrogens is 1. The van der Waals surface area contributed by atoms with E-state index in [2.05, 4.69) is 15.6 Å². The maximum absolute atomic E-state index is 12.5. The predicted molar refractivity (Wildman–Crippen MR) is 76.1 cm³/mol. The molecule has 0 aliphatic carbocycles. The zero-order valence-corrected chi connectivity index (χ0v) is 12.7. The lowest BCUT2D eigenvalue weighted by atomic mass is 9.87. The van der Waals surface area contributed by atoms with Gasteiger partial charge in [-0.3, -0.25) is 14.9 Å². The van der Waals surface area contributed by atoms with Crippen molar-refractivity contribution in [2.75, 3.05) is 13.1 Å². The van der Waals surface area contributed by atoms with Gasteiger partial charge < -0.3 is 10.2 Å². The normalized spacial score (nSPS) is 20.6. The first-order valence-electron chi connectivity index (χ1n) is 6.78. The summed E-state index contributed by atoms with van der Waals surface area (Å²) in [5.41, 5.74) is -0.0957. The summed E-state index contributed by atoms with van der Waals surface area (Å²) < 4.78 is 0. The van der Waals surface area contributed by atoms with E-state index >= 15 is 0 Å². The average molecular weight is 308 g/mol. The van der Waals surface area contributed by atoms with Gasteiger partial charge in [0, 0.05) is 13.1 Å². The van der Waals surface area contributed by atoms with E-state index < -0.39 is 11.6 Å². The maximum Gasteiger partial charge on any atom is 0.322 e. The van der Waals surface area contributed by atoms with Crippen molar-refractivity contribution in [1.29, 1.82) is 0 Å². The number of carbonyl (C=O) groups excluding carboxylic acids is 3. The first-order chi connectivity index (χ1) is 9.91. The van der Waals surface area contributed by atoms with Gasteiger partial charge in [-0.1, -0.05) is 0 Å². The fraction of sp³-hybridized carbons (Fsp3) is 0.538. The number of rotatable bonds is 1. The van der Waals surface area contributed by atoms with Gasteiger partial charge in [0.2, 0.25) is 0 Å². The second kappa shape index (κ2) is 4.80. The Kier molecular flexibility index (Phi) is 3.20. The van der Waals surface area contributed by atoms with Gasteiger partial charge >= 0.3 is 6.03 Å². The highest BCUT2D eigenvalue weighted by Crippen LogP contribution is 2.28. The van der Waals surface area contributed by atoms with Crippen LogP contribution in [0.5, 0.6) is 0 Å². The highest BCUT2D eigenvalue weighted by atomic mass is 32.1. The Hall–Kier alpha value is -1.96. The molecule has 3 rings (SSSR count). The highest BCUT2D eigenvalue weighted by Gasteiger charge is 2.48. The minimum absolute atomic E-state index is 0.0438. The number of amides is 4. The third-order valence-electron chi connectivity index (χ3n) is 4.02. The van der Waals surface area contributed by atoms with Crippen LogP contribution in [0.1, 0.15) is 33.2 Å². The van der Waals surface area contributed by atoms with Crippen LogP contribution in [0.4, 0.5) is 4.79 Å². The number of nitrogens with one attached hydrogen (secondary N) is 2. The molecule has 0 atom stereocenters. The molecule has 0 bridgehead atoms. The van der Waals surface area contributed by atoms with Crippen molar-refractivity contribution < 1.29 is 14.4 Å². The second-order valence-corrected chi connectivity index (χ2v) is 6.63. The van der Waals surface area contributed by atoms with Gasteiger partial charge in [-0.05, 0) is 26.7 Å². The molecule has 2 aliphatic heterocycles. The molecule has 2 fully saturated rings. The van der Waals surface area contributed by atoms with Gasteiger partial charge in [0.25, 0.3) is 11.8 Å². The summed E-state index contributed by atoms with van der Waals surface area (Å²) >= 11 is 1.39. The minimum Gasteiger partial charge on any atom is -0.338 e. The molecule has 1 aromatic heterocycles. The van der Waals surface area contributed by atoms with E-state index in [0.717, 1.165) is 10.7 Å². The number of likely N-dealkylation sites (tertiary alicyclic amines) is 1. The summed E-state index contributed by atoms with van der Waals surface area (Å²) in [6.45, 7) is 4.59. The van der Waals surface area contributed by atoms with Gasteiger partial charge in [-0.25, -0.2) is 9.78 Å². The summed E-state index contributed by atoms with van der Waals surface area (Å²) in [4.78, 5) is 42.3. The number of hydrogen-bond donors (Lipinski definition) is 2. The molecule has 1 aromatic rings.